The number of hydrogen-bond acceptors (Lipinski definition) is 4. The fourth-order valence-corrected chi connectivity index (χ4v) is 2.15. The second kappa shape index (κ2) is 4.97. The minimum atomic E-state index is -0.170. The van der Waals surface area contributed by atoms with Crippen LogP contribution in [-0.2, 0) is 6.54 Å². The van der Waals surface area contributed by atoms with E-state index >= 15 is 0 Å². The summed E-state index contributed by atoms with van der Waals surface area (Å²) < 4.78 is 0. The van der Waals surface area contributed by atoms with Crippen molar-refractivity contribution in [2.24, 2.45) is 0 Å². The first-order chi connectivity index (χ1) is 8.16. The highest BCUT2D eigenvalue weighted by molar-refractivity contribution is 7.09. The van der Waals surface area contributed by atoms with Crippen LogP contribution in [0.1, 0.15) is 21.1 Å². The normalized spacial score (nSPS) is 10.2. The number of nitrogens with one attached hydrogen (secondary N) is 1. The van der Waals surface area contributed by atoms with Crippen LogP contribution in [0.3, 0.4) is 0 Å². The van der Waals surface area contributed by atoms with Crippen LogP contribution in [0.15, 0.2) is 29.6 Å². The van der Waals surface area contributed by atoms with Crippen molar-refractivity contribution in [1.82, 2.24) is 10.3 Å². The number of hydrogen-bond donors (Lipinski definition) is 2. The zero-order valence-electron chi connectivity index (χ0n) is 9.43. The second-order valence-electron chi connectivity index (χ2n) is 3.65. The van der Waals surface area contributed by atoms with Gasteiger partial charge in [0, 0.05) is 16.8 Å². The monoisotopic (exact) mass is 247 g/mol. The van der Waals surface area contributed by atoms with E-state index in [0.717, 1.165) is 10.7 Å². The van der Waals surface area contributed by atoms with E-state index in [9.17, 15) is 4.79 Å². The Balaban J connectivity index is 2.01. The Kier molecular flexibility index (Phi) is 3.39. The van der Waals surface area contributed by atoms with Crippen LogP contribution in [-0.4, -0.2) is 10.9 Å². The second-order valence-corrected chi connectivity index (χ2v) is 4.60. The SMILES string of the molecule is Cc1csc(CNC(=O)c2ccccc2N)n1. The van der Waals surface area contributed by atoms with Crippen LogP contribution in [0.2, 0.25) is 0 Å². The third-order valence-corrected chi connectivity index (χ3v) is 3.24. The molecule has 2 aromatic rings. The zero-order chi connectivity index (χ0) is 12.3. The first-order valence-corrected chi connectivity index (χ1v) is 6.08. The first-order valence-electron chi connectivity index (χ1n) is 5.20. The third kappa shape index (κ3) is 2.82. The lowest BCUT2D eigenvalue weighted by Gasteiger charge is -2.05. The average Bonchev–Trinajstić information content (AvgIpc) is 2.73. The Labute approximate surface area is 103 Å². The van der Waals surface area contributed by atoms with Crippen LogP contribution in [0.25, 0.3) is 0 Å². The maximum atomic E-state index is 11.8. The lowest BCUT2D eigenvalue weighted by atomic mass is 10.2. The molecule has 2 rings (SSSR count). The molecule has 0 aliphatic carbocycles. The molecular weight excluding hydrogens is 234 g/mol. The molecule has 1 amide bonds. The van der Waals surface area contributed by atoms with Crippen molar-refractivity contribution in [3.05, 3.63) is 45.9 Å². The van der Waals surface area contributed by atoms with E-state index in [-0.39, 0.29) is 5.91 Å². The standard InChI is InChI=1S/C12H13N3OS/c1-8-7-17-11(15-8)6-14-12(16)9-4-2-3-5-10(9)13/h2-5,7H,6,13H2,1H3,(H,14,16). The number of anilines is 1. The number of amides is 1. The summed E-state index contributed by atoms with van der Waals surface area (Å²) in [5, 5.41) is 5.65. The number of carbonyl (C=O) groups is 1. The summed E-state index contributed by atoms with van der Waals surface area (Å²) in [7, 11) is 0. The van der Waals surface area contributed by atoms with Gasteiger partial charge in [0.15, 0.2) is 0 Å². The molecule has 0 unspecified atom stereocenters. The largest absolute Gasteiger partial charge is 0.398 e. The quantitative estimate of drug-likeness (QED) is 0.815. The lowest BCUT2D eigenvalue weighted by Crippen LogP contribution is -2.23. The van der Waals surface area contributed by atoms with Crippen molar-refractivity contribution in [2.45, 2.75) is 13.5 Å². The van der Waals surface area contributed by atoms with Crippen molar-refractivity contribution in [1.29, 1.82) is 0 Å². The molecule has 0 bridgehead atoms. The molecule has 3 N–H and O–H groups in total. The van der Waals surface area contributed by atoms with Crippen LogP contribution < -0.4 is 11.1 Å². The Bertz CT molecular complexity index is 536. The summed E-state index contributed by atoms with van der Waals surface area (Å²) in [6.45, 7) is 2.36. The minimum absolute atomic E-state index is 0.170. The Morgan fingerprint density at radius 1 is 1.47 bits per heavy atom. The number of nitrogen functional groups attached to an aromatic ring is 1. The fraction of sp³-hybridized carbons (Fsp3) is 0.167. The number of nitrogens with zero attached hydrogens (tertiary/aromatic N) is 1. The highest BCUT2D eigenvalue weighted by atomic mass is 32.1. The van der Waals surface area contributed by atoms with E-state index in [0.29, 0.717) is 17.8 Å². The number of aromatic nitrogens is 1. The molecule has 0 aliphatic heterocycles. The molecule has 88 valence electrons. The highest BCUT2D eigenvalue weighted by Gasteiger charge is 2.08. The van der Waals surface area contributed by atoms with E-state index in [1.165, 1.54) is 11.3 Å². The van der Waals surface area contributed by atoms with Gasteiger partial charge in [-0.05, 0) is 19.1 Å². The summed E-state index contributed by atoms with van der Waals surface area (Å²) in [4.78, 5) is 16.1. The Morgan fingerprint density at radius 3 is 2.88 bits per heavy atom. The van der Waals surface area contributed by atoms with E-state index in [4.69, 9.17) is 5.73 Å². The van der Waals surface area contributed by atoms with Crippen molar-refractivity contribution >= 4 is 22.9 Å². The van der Waals surface area contributed by atoms with E-state index in [1.54, 1.807) is 24.3 Å². The molecule has 1 aromatic carbocycles. The zero-order valence-corrected chi connectivity index (χ0v) is 10.3. The number of rotatable bonds is 3. The van der Waals surface area contributed by atoms with Crippen molar-refractivity contribution in [2.75, 3.05) is 5.73 Å². The topological polar surface area (TPSA) is 68.0 Å². The molecule has 0 fully saturated rings. The summed E-state index contributed by atoms with van der Waals surface area (Å²) >= 11 is 1.53. The summed E-state index contributed by atoms with van der Waals surface area (Å²) in [6.07, 6.45) is 0. The van der Waals surface area contributed by atoms with Crippen LogP contribution >= 0.6 is 11.3 Å². The van der Waals surface area contributed by atoms with Gasteiger partial charge in [0.25, 0.3) is 5.91 Å². The van der Waals surface area contributed by atoms with E-state index in [2.05, 4.69) is 10.3 Å². The highest BCUT2D eigenvalue weighted by Crippen LogP contribution is 2.11. The van der Waals surface area contributed by atoms with E-state index in [1.807, 2.05) is 12.3 Å². The maximum Gasteiger partial charge on any atom is 0.253 e. The molecule has 17 heavy (non-hydrogen) atoms. The number of thiazole rings is 1. The van der Waals surface area contributed by atoms with Crippen molar-refractivity contribution < 1.29 is 4.79 Å². The number of carbonyl (C=O) groups excluding carboxylic acids is 1. The molecule has 5 heteroatoms. The van der Waals surface area contributed by atoms with Gasteiger partial charge in [0.05, 0.1) is 12.1 Å². The van der Waals surface area contributed by atoms with Crippen molar-refractivity contribution in [3.8, 4) is 0 Å². The number of para-hydroxylation sites is 1. The van der Waals surface area contributed by atoms with Gasteiger partial charge in [0.1, 0.15) is 5.01 Å². The summed E-state index contributed by atoms with van der Waals surface area (Å²) in [5.74, 6) is -0.170. The van der Waals surface area contributed by atoms with Gasteiger partial charge in [-0.1, -0.05) is 12.1 Å². The summed E-state index contributed by atoms with van der Waals surface area (Å²) in [6, 6.07) is 7.01. The molecule has 1 heterocycles. The van der Waals surface area contributed by atoms with Gasteiger partial charge in [-0.3, -0.25) is 4.79 Å². The van der Waals surface area contributed by atoms with Crippen LogP contribution in [0.5, 0.6) is 0 Å². The van der Waals surface area contributed by atoms with Gasteiger partial charge >= 0.3 is 0 Å². The predicted octanol–water partition coefficient (Wildman–Crippen LogP) is 1.96. The molecule has 0 aliphatic rings. The predicted molar refractivity (Wildman–Crippen MR) is 68.9 cm³/mol. The van der Waals surface area contributed by atoms with Crippen molar-refractivity contribution in [3.63, 3.8) is 0 Å². The van der Waals surface area contributed by atoms with Crippen LogP contribution in [0.4, 0.5) is 5.69 Å². The van der Waals surface area contributed by atoms with Gasteiger partial charge in [-0.2, -0.15) is 0 Å². The molecule has 0 atom stereocenters. The van der Waals surface area contributed by atoms with Gasteiger partial charge in [0.2, 0.25) is 0 Å². The lowest BCUT2D eigenvalue weighted by molar-refractivity contribution is 0.0952. The van der Waals surface area contributed by atoms with Gasteiger partial charge in [-0.15, -0.1) is 11.3 Å². The van der Waals surface area contributed by atoms with Gasteiger partial charge < -0.3 is 11.1 Å². The Hall–Kier alpha value is -1.88. The molecule has 1 aromatic heterocycles. The number of nitrogens with two attached hydrogens (primary N) is 1. The summed E-state index contributed by atoms with van der Waals surface area (Å²) in [5.41, 5.74) is 7.68. The van der Waals surface area contributed by atoms with Crippen LogP contribution in [0, 0.1) is 6.92 Å². The molecule has 0 spiro atoms. The minimum Gasteiger partial charge on any atom is -0.398 e. The number of aryl methyl sites for hydroxylation is 1. The Morgan fingerprint density at radius 2 is 2.24 bits per heavy atom. The molecule has 4 nitrogen and oxygen atoms in total. The fourth-order valence-electron chi connectivity index (χ4n) is 1.44. The number of benzene rings is 1. The average molecular weight is 247 g/mol. The molecule has 0 saturated carbocycles. The molecule has 0 radical (unpaired) electrons. The smallest absolute Gasteiger partial charge is 0.253 e. The third-order valence-electron chi connectivity index (χ3n) is 2.27. The molecular formula is C12H13N3OS. The van der Waals surface area contributed by atoms with E-state index < -0.39 is 0 Å². The first kappa shape index (κ1) is 11.6. The van der Waals surface area contributed by atoms with Gasteiger partial charge in [-0.25, -0.2) is 4.98 Å². The molecule has 0 saturated heterocycles. The maximum absolute atomic E-state index is 11.8.